The van der Waals surface area contributed by atoms with E-state index in [2.05, 4.69) is 6.58 Å². The molecule has 0 aliphatic heterocycles. The summed E-state index contributed by atoms with van der Waals surface area (Å²) in [7, 11) is 0. The predicted molar refractivity (Wildman–Crippen MR) is 155 cm³/mol. The van der Waals surface area contributed by atoms with Gasteiger partial charge in [0.1, 0.15) is 23.9 Å². The van der Waals surface area contributed by atoms with Gasteiger partial charge in [-0.25, -0.2) is 0 Å². The molecule has 40 heavy (non-hydrogen) atoms. The average Bonchev–Trinajstić information content (AvgIpc) is 3.20. The van der Waals surface area contributed by atoms with Crippen LogP contribution in [0.1, 0.15) is 22.3 Å². The number of hydrogen-bond acceptors (Lipinski definition) is 5. The fraction of sp³-hybridized carbons (Fsp3) is 0.257. The maximum atomic E-state index is 12.2. The van der Waals surface area contributed by atoms with Crippen molar-refractivity contribution in [2.75, 3.05) is 6.61 Å². The molecule has 0 unspecified atom stereocenters. The summed E-state index contributed by atoms with van der Waals surface area (Å²) in [5.74, 6) is 0. The van der Waals surface area contributed by atoms with Crippen molar-refractivity contribution in [3.63, 3.8) is 0 Å². The Labute approximate surface area is 236 Å². The summed E-state index contributed by atoms with van der Waals surface area (Å²) in [4.78, 5) is 0. The molecule has 0 spiro atoms. The van der Waals surface area contributed by atoms with Gasteiger partial charge in [0.25, 0.3) is 0 Å². The minimum absolute atomic E-state index is 0.00339. The van der Waals surface area contributed by atoms with Crippen molar-refractivity contribution < 1.29 is 24.1 Å². The molecule has 4 atom stereocenters. The van der Waals surface area contributed by atoms with Crippen LogP contribution in [0.3, 0.4) is 0 Å². The van der Waals surface area contributed by atoms with Gasteiger partial charge in [-0.1, -0.05) is 128 Å². The highest BCUT2D eigenvalue weighted by atomic mass is 16.6. The maximum absolute atomic E-state index is 12.2. The Morgan fingerprint density at radius 1 is 0.550 bits per heavy atom. The summed E-state index contributed by atoms with van der Waals surface area (Å²) < 4.78 is 25.5. The lowest BCUT2D eigenvalue weighted by atomic mass is 9.96. The Hall–Kier alpha value is -3.58. The van der Waals surface area contributed by atoms with Crippen molar-refractivity contribution in [3.05, 3.63) is 156 Å². The van der Waals surface area contributed by atoms with E-state index >= 15 is 0 Å². The van der Waals surface area contributed by atoms with Gasteiger partial charge in [0.15, 0.2) is 0 Å². The molecule has 1 fully saturated rings. The molecular formula is C35H36O5. The molecule has 1 aliphatic rings. The molecule has 5 rings (SSSR count). The first-order chi connectivity index (χ1) is 19.6. The second-order valence-corrected chi connectivity index (χ2v) is 10.1. The Bertz CT molecular complexity index is 1310. The third-order valence-corrected chi connectivity index (χ3v) is 7.23. The zero-order valence-corrected chi connectivity index (χ0v) is 22.6. The van der Waals surface area contributed by atoms with Crippen LogP contribution in [0, 0.1) is 0 Å². The highest BCUT2D eigenvalue weighted by Gasteiger charge is 2.58. The van der Waals surface area contributed by atoms with E-state index in [4.69, 9.17) is 18.9 Å². The lowest BCUT2D eigenvalue weighted by Crippen LogP contribution is -2.49. The highest BCUT2D eigenvalue weighted by molar-refractivity contribution is 5.32. The minimum Gasteiger partial charge on any atom is -0.380 e. The summed E-state index contributed by atoms with van der Waals surface area (Å²) >= 11 is 0. The van der Waals surface area contributed by atoms with Gasteiger partial charge in [0.2, 0.25) is 0 Å². The van der Waals surface area contributed by atoms with Crippen LogP contribution >= 0.6 is 0 Å². The quantitative estimate of drug-likeness (QED) is 0.204. The van der Waals surface area contributed by atoms with Crippen molar-refractivity contribution in [2.24, 2.45) is 0 Å². The van der Waals surface area contributed by atoms with E-state index in [0.29, 0.717) is 32.0 Å². The number of rotatable bonds is 13. The standard InChI is InChI=1S/C35H36O5/c1-27-32(38-23-29-16-8-3-9-17-29)33(39-24-30-18-10-4-11-19-30)34(40-25-31-20-12-5-13-21-31)35(27,36)26-37-22-28-14-6-2-7-15-28/h2-21,32-34,36H,1,22-26H2/t32-,33+,34-,35+/m0/s1. The lowest BCUT2D eigenvalue weighted by Gasteiger charge is -2.32. The molecule has 1 N–H and O–H groups in total. The van der Waals surface area contributed by atoms with Crippen LogP contribution in [0.25, 0.3) is 0 Å². The number of ether oxygens (including phenoxy) is 4. The fourth-order valence-corrected chi connectivity index (χ4v) is 5.02. The van der Waals surface area contributed by atoms with Crippen molar-refractivity contribution in [1.82, 2.24) is 0 Å². The van der Waals surface area contributed by atoms with Crippen molar-refractivity contribution >= 4 is 0 Å². The average molecular weight is 537 g/mol. The largest absolute Gasteiger partial charge is 0.380 e. The SMILES string of the molecule is C=C1[C@H](OCc2ccccc2)[C@@H](OCc2ccccc2)[C@H](OCc2ccccc2)[C@@]1(O)COCc1ccccc1. The molecule has 0 aromatic heterocycles. The smallest absolute Gasteiger partial charge is 0.140 e. The van der Waals surface area contributed by atoms with Gasteiger partial charge in [-0.15, -0.1) is 0 Å². The van der Waals surface area contributed by atoms with Crippen molar-refractivity contribution in [1.29, 1.82) is 0 Å². The van der Waals surface area contributed by atoms with E-state index in [1.54, 1.807) is 0 Å². The van der Waals surface area contributed by atoms with Crippen LogP contribution in [-0.4, -0.2) is 35.6 Å². The van der Waals surface area contributed by atoms with Crippen molar-refractivity contribution in [3.8, 4) is 0 Å². The zero-order valence-electron chi connectivity index (χ0n) is 22.6. The van der Waals surface area contributed by atoms with E-state index in [9.17, 15) is 5.11 Å². The molecule has 0 heterocycles. The summed E-state index contributed by atoms with van der Waals surface area (Å²) in [5.41, 5.74) is 3.03. The van der Waals surface area contributed by atoms with Crippen LogP contribution in [0.4, 0.5) is 0 Å². The maximum Gasteiger partial charge on any atom is 0.140 e. The Kier molecular flexibility index (Phi) is 9.55. The molecule has 1 saturated carbocycles. The van der Waals surface area contributed by atoms with Gasteiger partial charge in [-0.2, -0.15) is 0 Å². The molecule has 4 aromatic carbocycles. The molecule has 206 valence electrons. The third-order valence-electron chi connectivity index (χ3n) is 7.23. The highest BCUT2D eigenvalue weighted by Crippen LogP contribution is 2.42. The van der Waals surface area contributed by atoms with Gasteiger partial charge in [0.05, 0.1) is 33.0 Å². The minimum atomic E-state index is -1.52. The summed E-state index contributed by atoms with van der Waals surface area (Å²) in [5, 5.41) is 12.2. The normalized spacial score (nSPS) is 22.4. The van der Waals surface area contributed by atoms with Crippen LogP contribution in [0.15, 0.2) is 133 Å². The molecule has 0 bridgehead atoms. The molecule has 5 heteroatoms. The van der Waals surface area contributed by atoms with Crippen molar-refractivity contribution in [2.45, 2.75) is 50.3 Å². The first kappa shape index (κ1) is 28.0. The van der Waals surface area contributed by atoms with Gasteiger partial charge in [-0.3, -0.25) is 0 Å². The van der Waals surface area contributed by atoms with E-state index in [1.165, 1.54) is 0 Å². The molecule has 4 aromatic rings. The van der Waals surface area contributed by atoms with Gasteiger partial charge >= 0.3 is 0 Å². The number of aliphatic hydroxyl groups is 1. The first-order valence-electron chi connectivity index (χ1n) is 13.6. The van der Waals surface area contributed by atoms with Crippen LogP contribution < -0.4 is 0 Å². The zero-order chi connectivity index (χ0) is 27.6. The van der Waals surface area contributed by atoms with E-state index in [0.717, 1.165) is 22.3 Å². The molecule has 0 saturated heterocycles. The number of hydrogen-bond donors (Lipinski definition) is 1. The fourth-order valence-electron chi connectivity index (χ4n) is 5.02. The van der Waals surface area contributed by atoms with Crippen LogP contribution in [0.5, 0.6) is 0 Å². The molecule has 5 nitrogen and oxygen atoms in total. The topological polar surface area (TPSA) is 57.2 Å². The molecule has 1 aliphatic carbocycles. The van der Waals surface area contributed by atoms with Gasteiger partial charge < -0.3 is 24.1 Å². The Balaban J connectivity index is 1.40. The second-order valence-electron chi connectivity index (χ2n) is 10.1. The predicted octanol–water partition coefficient (Wildman–Crippen LogP) is 6.26. The van der Waals surface area contributed by atoms with Crippen LogP contribution in [-0.2, 0) is 45.4 Å². The molecular weight excluding hydrogens is 500 g/mol. The van der Waals surface area contributed by atoms with E-state index in [1.807, 2.05) is 121 Å². The van der Waals surface area contributed by atoms with E-state index in [-0.39, 0.29) is 6.61 Å². The summed E-state index contributed by atoms with van der Waals surface area (Å²) in [6, 6.07) is 39.7. The lowest BCUT2D eigenvalue weighted by molar-refractivity contribution is -0.169. The number of benzene rings is 4. The van der Waals surface area contributed by atoms with Gasteiger partial charge in [-0.05, 0) is 27.8 Å². The Morgan fingerprint density at radius 3 is 1.43 bits per heavy atom. The monoisotopic (exact) mass is 536 g/mol. The van der Waals surface area contributed by atoms with Crippen LogP contribution in [0.2, 0.25) is 0 Å². The molecule has 0 radical (unpaired) electrons. The summed E-state index contributed by atoms with van der Waals surface area (Å²) in [6.45, 7) is 5.67. The van der Waals surface area contributed by atoms with E-state index < -0.39 is 23.9 Å². The Morgan fingerprint density at radius 2 is 0.950 bits per heavy atom. The third kappa shape index (κ3) is 6.94. The second kappa shape index (κ2) is 13.7. The first-order valence-corrected chi connectivity index (χ1v) is 13.6. The summed E-state index contributed by atoms with van der Waals surface area (Å²) in [6.07, 6.45) is -1.97. The van der Waals surface area contributed by atoms with Gasteiger partial charge in [0, 0.05) is 0 Å². The molecule has 0 amide bonds.